The first kappa shape index (κ1) is 17.3. The molecule has 1 aliphatic rings. The number of aromatic amines is 1. The Bertz CT molecular complexity index is 806. The molecule has 1 fully saturated rings. The van der Waals surface area contributed by atoms with Crippen LogP contribution in [0.2, 0.25) is 0 Å². The number of Topliss-reactive ketones (excluding diaryl/α,β-unsaturated/α-hetero) is 1. The minimum absolute atomic E-state index is 0.00663. The molecule has 1 atom stereocenters. The number of H-pyrrole nitrogens is 1. The maximum atomic E-state index is 12.7. The summed E-state index contributed by atoms with van der Waals surface area (Å²) in [6.07, 6.45) is 2.19. The molecule has 3 rings (SSSR count). The number of hydrogen-bond donors (Lipinski definition) is 1. The van der Waals surface area contributed by atoms with Crippen LogP contribution in [0.25, 0.3) is 0 Å². The smallest absolute Gasteiger partial charge is 0.225 e. The van der Waals surface area contributed by atoms with Crippen molar-refractivity contribution in [3.8, 4) is 0 Å². The van der Waals surface area contributed by atoms with Gasteiger partial charge in [-0.25, -0.2) is 4.98 Å². The van der Waals surface area contributed by atoms with Gasteiger partial charge in [-0.15, -0.1) is 0 Å². The number of rotatable bonds is 5. The molecule has 1 unspecified atom stereocenters. The van der Waals surface area contributed by atoms with Gasteiger partial charge in [0.15, 0.2) is 11.6 Å². The second kappa shape index (κ2) is 6.78. The lowest BCUT2D eigenvalue weighted by molar-refractivity contribution is -0.132. The Balaban J connectivity index is 1.68. The molecule has 2 aromatic heterocycles. The highest BCUT2D eigenvalue weighted by molar-refractivity contribution is 5.96. The van der Waals surface area contributed by atoms with Gasteiger partial charge in [-0.1, -0.05) is 0 Å². The van der Waals surface area contributed by atoms with Crippen molar-refractivity contribution in [3.05, 3.63) is 28.6 Å². The number of hydrogen-bond acceptors (Lipinski definition) is 5. The van der Waals surface area contributed by atoms with Crippen molar-refractivity contribution >= 4 is 11.7 Å². The molecule has 1 aliphatic heterocycles. The maximum Gasteiger partial charge on any atom is 0.225 e. The van der Waals surface area contributed by atoms with Crippen LogP contribution in [0.4, 0.5) is 0 Å². The summed E-state index contributed by atoms with van der Waals surface area (Å²) in [6.45, 7) is 8.29. The van der Waals surface area contributed by atoms with Gasteiger partial charge < -0.3 is 4.90 Å². The van der Waals surface area contributed by atoms with Gasteiger partial charge in [0.05, 0.1) is 17.3 Å². The van der Waals surface area contributed by atoms with Gasteiger partial charge in [0, 0.05) is 25.2 Å². The molecule has 134 valence electrons. The Kier molecular flexibility index (Phi) is 4.69. The van der Waals surface area contributed by atoms with E-state index in [1.807, 2.05) is 25.7 Å². The van der Waals surface area contributed by atoms with Gasteiger partial charge in [0.2, 0.25) is 5.91 Å². The van der Waals surface area contributed by atoms with Crippen LogP contribution in [0.1, 0.15) is 65.6 Å². The van der Waals surface area contributed by atoms with E-state index in [-0.39, 0.29) is 17.7 Å². The highest BCUT2D eigenvalue weighted by Gasteiger charge is 2.32. The molecule has 0 radical (unpaired) electrons. The molecule has 1 N–H and O–H groups in total. The lowest BCUT2D eigenvalue weighted by atomic mass is 10.1. The number of carbonyl (C=O) groups excluding carboxylic acids is 2. The number of likely N-dealkylation sites (tertiary alicyclic amines) is 1. The number of nitrogens with zero attached hydrogens (tertiary/aromatic N) is 5. The van der Waals surface area contributed by atoms with Crippen LogP contribution in [-0.4, -0.2) is 48.1 Å². The van der Waals surface area contributed by atoms with E-state index in [1.54, 1.807) is 11.6 Å². The summed E-state index contributed by atoms with van der Waals surface area (Å²) >= 11 is 0. The first-order chi connectivity index (χ1) is 11.9. The summed E-state index contributed by atoms with van der Waals surface area (Å²) in [7, 11) is 0. The fraction of sp³-hybridized carbons (Fsp3) is 0.588. The molecule has 3 heterocycles. The number of nitrogens with one attached hydrogen (secondary N) is 1. The van der Waals surface area contributed by atoms with Crippen LogP contribution in [-0.2, 0) is 11.3 Å². The zero-order chi connectivity index (χ0) is 18.1. The average molecular weight is 344 g/mol. The van der Waals surface area contributed by atoms with Crippen LogP contribution >= 0.6 is 0 Å². The Morgan fingerprint density at radius 1 is 1.28 bits per heavy atom. The Labute approximate surface area is 146 Å². The first-order valence-corrected chi connectivity index (χ1v) is 8.61. The number of amides is 1. The highest BCUT2D eigenvalue weighted by Crippen LogP contribution is 2.30. The lowest BCUT2D eigenvalue weighted by Gasteiger charge is -2.22. The van der Waals surface area contributed by atoms with Crippen molar-refractivity contribution in [1.29, 1.82) is 0 Å². The Hall–Kier alpha value is -2.51. The topological polar surface area (TPSA) is 96.8 Å². The summed E-state index contributed by atoms with van der Waals surface area (Å²) < 4.78 is 1.76. The minimum atomic E-state index is -0.0503. The normalized spacial score (nSPS) is 17.3. The molecule has 0 aromatic carbocycles. The molecule has 0 aliphatic carbocycles. The van der Waals surface area contributed by atoms with Crippen molar-refractivity contribution < 1.29 is 9.59 Å². The monoisotopic (exact) mass is 344 g/mol. The van der Waals surface area contributed by atoms with E-state index < -0.39 is 0 Å². The molecule has 2 aromatic rings. The average Bonchev–Trinajstić information content (AvgIpc) is 3.24. The Morgan fingerprint density at radius 2 is 2.04 bits per heavy atom. The molecule has 8 nitrogen and oxygen atoms in total. The van der Waals surface area contributed by atoms with Crippen molar-refractivity contribution in [3.63, 3.8) is 0 Å². The predicted molar refractivity (Wildman–Crippen MR) is 91.1 cm³/mol. The summed E-state index contributed by atoms with van der Waals surface area (Å²) in [5.74, 6) is 1.52. The first-order valence-electron chi connectivity index (χ1n) is 8.61. The second-order valence-corrected chi connectivity index (χ2v) is 6.60. The van der Waals surface area contributed by atoms with E-state index in [0.717, 1.165) is 30.9 Å². The SMILES string of the molecule is CC(=O)c1c(C)nn(CCC(=O)N2CCCC2c2n[nH]c(C)n2)c1C. The summed E-state index contributed by atoms with van der Waals surface area (Å²) in [5.41, 5.74) is 2.19. The lowest BCUT2D eigenvalue weighted by Crippen LogP contribution is -2.32. The van der Waals surface area contributed by atoms with Gasteiger partial charge >= 0.3 is 0 Å². The minimum Gasteiger partial charge on any atom is -0.332 e. The van der Waals surface area contributed by atoms with E-state index in [2.05, 4.69) is 20.3 Å². The number of ketones is 1. The fourth-order valence-corrected chi connectivity index (χ4v) is 3.61. The zero-order valence-electron chi connectivity index (χ0n) is 15.2. The van der Waals surface area contributed by atoms with Gasteiger partial charge in [0.1, 0.15) is 5.82 Å². The third kappa shape index (κ3) is 3.33. The number of carbonyl (C=O) groups is 2. The van der Waals surface area contributed by atoms with Crippen LogP contribution in [0, 0.1) is 20.8 Å². The fourth-order valence-electron chi connectivity index (χ4n) is 3.61. The largest absolute Gasteiger partial charge is 0.332 e. The van der Waals surface area contributed by atoms with Crippen LogP contribution in [0.5, 0.6) is 0 Å². The van der Waals surface area contributed by atoms with Crippen molar-refractivity contribution in [2.24, 2.45) is 0 Å². The summed E-state index contributed by atoms with van der Waals surface area (Å²) in [5, 5.41) is 11.5. The molecular formula is C17H24N6O2. The molecular weight excluding hydrogens is 320 g/mol. The van der Waals surface area contributed by atoms with Gasteiger partial charge in [0.25, 0.3) is 0 Å². The molecule has 8 heteroatoms. The Morgan fingerprint density at radius 3 is 2.64 bits per heavy atom. The molecule has 1 amide bonds. The molecule has 25 heavy (non-hydrogen) atoms. The quantitative estimate of drug-likeness (QED) is 0.835. The third-order valence-electron chi connectivity index (χ3n) is 4.76. The standard InChI is InChI=1S/C17H24N6O2/c1-10-16(12(3)24)11(2)23(21-10)9-7-15(25)22-8-5-6-14(22)17-18-13(4)19-20-17/h14H,5-9H2,1-4H3,(H,18,19,20). The highest BCUT2D eigenvalue weighted by atomic mass is 16.2. The van der Waals surface area contributed by atoms with E-state index in [9.17, 15) is 9.59 Å². The molecule has 0 bridgehead atoms. The van der Waals surface area contributed by atoms with Crippen molar-refractivity contribution in [2.75, 3.05) is 6.54 Å². The van der Waals surface area contributed by atoms with Gasteiger partial charge in [-0.3, -0.25) is 19.4 Å². The van der Waals surface area contributed by atoms with Crippen molar-refractivity contribution in [1.82, 2.24) is 29.9 Å². The predicted octanol–water partition coefficient (Wildman–Crippen LogP) is 1.88. The van der Waals surface area contributed by atoms with E-state index >= 15 is 0 Å². The summed E-state index contributed by atoms with van der Waals surface area (Å²) in [4.78, 5) is 30.6. The van der Waals surface area contributed by atoms with Gasteiger partial charge in [-0.05, 0) is 40.5 Å². The molecule has 0 spiro atoms. The second-order valence-electron chi connectivity index (χ2n) is 6.60. The van der Waals surface area contributed by atoms with Crippen LogP contribution in [0.3, 0.4) is 0 Å². The van der Waals surface area contributed by atoms with Crippen molar-refractivity contribution in [2.45, 2.75) is 59.5 Å². The molecule has 0 saturated carbocycles. The number of aromatic nitrogens is 5. The summed E-state index contributed by atoms with van der Waals surface area (Å²) in [6, 6.07) is -0.0503. The maximum absolute atomic E-state index is 12.7. The number of aryl methyl sites for hydroxylation is 3. The van der Waals surface area contributed by atoms with E-state index in [4.69, 9.17) is 0 Å². The van der Waals surface area contributed by atoms with Crippen LogP contribution < -0.4 is 0 Å². The van der Waals surface area contributed by atoms with E-state index in [1.165, 1.54) is 0 Å². The third-order valence-corrected chi connectivity index (χ3v) is 4.76. The zero-order valence-corrected chi connectivity index (χ0v) is 15.2. The van der Waals surface area contributed by atoms with Crippen LogP contribution in [0.15, 0.2) is 0 Å². The van der Waals surface area contributed by atoms with E-state index in [0.29, 0.717) is 30.0 Å². The van der Waals surface area contributed by atoms with Gasteiger partial charge in [-0.2, -0.15) is 10.2 Å². The molecule has 1 saturated heterocycles.